The zero-order valence-corrected chi connectivity index (χ0v) is 10.9. The average molecular weight is 225 g/mol. The van der Waals surface area contributed by atoms with E-state index in [9.17, 15) is 0 Å². The average Bonchev–Trinajstić information content (AvgIpc) is 2.95. The summed E-state index contributed by atoms with van der Waals surface area (Å²) < 4.78 is 0. The summed E-state index contributed by atoms with van der Waals surface area (Å²) in [7, 11) is 4.45. The Bertz CT molecular complexity index is 217. The van der Waals surface area contributed by atoms with E-state index in [0.717, 1.165) is 12.5 Å². The van der Waals surface area contributed by atoms with Gasteiger partial charge in [0.1, 0.15) is 0 Å². The van der Waals surface area contributed by atoms with Crippen molar-refractivity contribution in [3.63, 3.8) is 0 Å². The number of likely N-dealkylation sites (N-methyl/N-ethyl adjacent to an activating group) is 1. The molecule has 94 valence electrons. The highest BCUT2D eigenvalue weighted by Gasteiger charge is 2.38. The van der Waals surface area contributed by atoms with Gasteiger partial charge in [-0.2, -0.15) is 0 Å². The minimum atomic E-state index is 0.182. The molecule has 16 heavy (non-hydrogen) atoms. The van der Waals surface area contributed by atoms with Crippen molar-refractivity contribution in [3.05, 3.63) is 0 Å². The summed E-state index contributed by atoms with van der Waals surface area (Å²) in [5, 5.41) is 0. The second-order valence-corrected chi connectivity index (χ2v) is 6.14. The Kier molecular flexibility index (Phi) is 3.88. The molecule has 0 spiro atoms. The van der Waals surface area contributed by atoms with Gasteiger partial charge in [-0.15, -0.1) is 0 Å². The molecule has 0 amide bonds. The predicted octanol–water partition coefficient (Wildman–Crippen LogP) is 1.14. The maximum Gasteiger partial charge on any atom is 0.0284 e. The lowest BCUT2D eigenvalue weighted by molar-refractivity contribution is 0.192. The van der Waals surface area contributed by atoms with E-state index in [-0.39, 0.29) is 5.54 Å². The van der Waals surface area contributed by atoms with Crippen LogP contribution in [-0.2, 0) is 0 Å². The Balaban J connectivity index is 1.59. The van der Waals surface area contributed by atoms with Crippen molar-refractivity contribution in [3.8, 4) is 0 Å². The van der Waals surface area contributed by atoms with Crippen LogP contribution >= 0.6 is 0 Å². The SMILES string of the molecule is CN1CCC(CCN(C)CC2(N)CC2)CC1. The van der Waals surface area contributed by atoms with Gasteiger partial charge in [0.2, 0.25) is 0 Å². The van der Waals surface area contributed by atoms with Crippen molar-refractivity contribution < 1.29 is 0 Å². The lowest BCUT2D eigenvalue weighted by atomic mass is 9.93. The van der Waals surface area contributed by atoms with E-state index >= 15 is 0 Å². The van der Waals surface area contributed by atoms with Gasteiger partial charge in [0.25, 0.3) is 0 Å². The summed E-state index contributed by atoms with van der Waals surface area (Å²) in [5.74, 6) is 0.951. The summed E-state index contributed by atoms with van der Waals surface area (Å²) in [5.41, 5.74) is 6.31. The molecule has 2 rings (SSSR count). The van der Waals surface area contributed by atoms with E-state index in [4.69, 9.17) is 5.73 Å². The molecule has 2 N–H and O–H groups in total. The maximum absolute atomic E-state index is 6.13. The first kappa shape index (κ1) is 12.3. The highest BCUT2D eigenvalue weighted by molar-refractivity contribution is 5.00. The molecule has 3 heteroatoms. The lowest BCUT2D eigenvalue weighted by Gasteiger charge is -2.30. The van der Waals surface area contributed by atoms with Crippen molar-refractivity contribution in [2.75, 3.05) is 40.3 Å². The third-order valence-corrected chi connectivity index (χ3v) is 4.23. The molecule has 1 saturated carbocycles. The van der Waals surface area contributed by atoms with E-state index in [1.807, 2.05) is 0 Å². The van der Waals surface area contributed by atoms with Crippen LogP contribution in [0.2, 0.25) is 0 Å². The van der Waals surface area contributed by atoms with Crippen LogP contribution < -0.4 is 5.73 Å². The predicted molar refractivity (Wildman–Crippen MR) is 68.5 cm³/mol. The highest BCUT2D eigenvalue weighted by atomic mass is 15.1. The van der Waals surface area contributed by atoms with E-state index in [1.165, 1.54) is 51.7 Å². The zero-order chi connectivity index (χ0) is 11.6. The largest absolute Gasteiger partial charge is 0.324 e. The molecule has 0 radical (unpaired) electrons. The Hall–Kier alpha value is -0.120. The smallest absolute Gasteiger partial charge is 0.0284 e. The van der Waals surface area contributed by atoms with Crippen molar-refractivity contribution in [1.82, 2.24) is 9.80 Å². The zero-order valence-electron chi connectivity index (χ0n) is 10.9. The summed E-state index contributed by atoms with van der Waals surface area (Å²) in [6.45, 7) is 4.90. The van der Waals surface area contributed by atoms with Gasteiger partial charge in [0.05, 0.1) is 0 Å². The fraction of sp³-hybridized carbons (Fsp3) is 1.00. The molecule has 3 nitrogen and oxygen atoms in total. The van der Waals surface area contributed by atoms with Crippen LogP contribution in [0.25, 0.3) is 0 Å². The van der Waals surface area contributed by atoms with E-state index in [1.54, 1.807) is 0 Å². The molecule has 0 atom stereocenters. The van der Waals surface area contributed by atoms with Crippen molar-refractivity contribution in [2.45, 2.75) is 37.6 Å². The number of rotatable bonds is 5. The molecular formula is C13H27N3. The molecule has 0 bridgehead atoms. The number of piperidine rings is 1. The second-order valence-electron chi connectivity index (χ2n) is 6.14. The Morgan fingerprint density at radius 1 is 1.31 bits per heavy atom. The normalized spacial score (nSPS) is 26.2. The number of nitrogens with two attached hydrogens (primary N) is 1. The van der Waals surface area contributed by atoms with Gasteiger partial charge in [0.15, 0.2) is 0 Å². The van der Waals surface area contributed by atoms with Crippen molar-refractivity contribution in [2.24, 2.45) is 11.7 Å². The molecule has 1 aliphatic carbocycles. The number of hydrogen-bond donors (Lipinski definition) is 1. The van der Waals surface area contributed by atoms with Gasteiger partial charge in [-0.25, -0.2) is 0 Å². The summed E-state index contributed by atoms with van der Waals surface area (Å²) in [4.78, 5) is 4.88. The fourth-order valence-corrected chi connectivity index (χ4v) is 2.69. The summed E-state index contributed by atoms with van der Waals surface area (Å²) >= 11 is 0. The van der Waals surface area contributed by atoms with Gasteiger partial charge >= 0.3 is 0 Å². The molecule has 0 unspecified atom stereocenters. The number of likely N-dealkylation sites (tertiary alicyclic amines) is 1. The van der Waals surface area contributed by atoms with Gasteiger partial charge in [-0.05, 0) is 71.8 Å². The van der Waals surface area contributed by atoms with Crippen LogP contribution in [0.1, 0.15) is 32.1 Å². The van der Waals surface area contributed by atoms with E-state index in [0.29, 0.717) is 0 Å². The van der Waals surface area contributed by atoms with Gasteiger partial charge < -0.3 is 15.5 Å². The summed E-state index contributed by atoms with van der Waals surface area (Å²) in [6.07, 6.45) is 6.59. The lowest BCUT2D eigenvalue weighted by Crippen LogP contribution is -2.38. The van der Waals surface area contributed by atoms with Crippen LogP contribution in [0.3, 0.4) is 0 Å². The molecule has 1 aliphatic heterocycles. The van der Waals surface area contributed by atoms with E-state index in [2.05, 4.69) is 23.9 Å². The molecule has 2 aliphatic rings. The van der Waals surface area contributed by atoms with Crippen LogP contribution in [0.15, 0.2) is 0 Å². The number of nitrogens with zero attached hydrogens (tertiary/aromatic N) is 2. The topological polar surface area (TPSA) is 32.5 Å². The first-order chi connectivity index (χ1) is 7.57. The van der Waals surface area contributed by atoms with Gasteiger partial charge in [0, 0.05) is 12.1 Å². The Morgan fingerprint density at radius 2 is 1.94 bits per heavy atom. The third kappa shape index (κ3) is 3.72. The Morgan fingerprint density at radius 3 is 2.50 bits per heavy atom. The Labute approximate surface area is 100.0 Å². The van der Waals surface area contributed by atoms with Crippen LogP contribution in [0, 0.1) is 5.92 Å². The minimum absolute atomic E-state index is 0.182. The molecular weight excluding hydrogens is 198 g/mol. The molecule has 1 heterocycles. The first-order valence-electron chi connectivity index (χ1n) is 6.73. The maximum atomic E-state index is 6.13. The monoisotopic (exact) mass is 225 g/mol. The van der Waals surface area contributed by atoms with Gasteiger partial charge in [-0.1, -0.05) is 0 Å². The summed E-state index contributed by atoms with van der Waals surface area (Å²) in [6, 6.07) is 0. The van der Waals surface area contributed by atoms with E-state index < -0.39 is 0 Å². The van der Waals surface area contributed by atoms with Crippen LogP contribution in [-0.4, -0.2) is 55.6 Å². The molecule has 0 aromatic rings. The van der Waals surface area contributed by atoms with Crippen molar-refractivity contribution in [1.29, 1.82) is 0 Å². The standard InChI is InChI=1S/C13H27N3/c1-15-8-3-12(4-9-15)5-10-16(2)11-13(14)6-7-13/h12H,3-11,14H2,1-2H3. The second kappa shape index (κ2) is 5.03. The molecule has 0 aromatic heterocycles. The molecule has 2 fully saturated rings. The van der Waals surface area contributed by atoms with Crippen LogP contribution in [0.4, 0.5) is 0 Å². The van der Waals surface area contributed by atoms with Gasteiger partial charge in [-0.3, -0.25) is 0 Å². The third-order valence-electron chi connectivity index (χ3n) is 4.23. The highest BCUT2D eigenvalue weighted by Crippen LogP contribution is 2.32. The number of hydrogen-bond acceptors (Lipinski definition) is 3. The van der Waals surface area contributed by atoms with Crippen LogP contribution in [0.5, 0.6) is 0 Å². The quantitative estimate of drug-likeness (QED) is 0.761. The molecule has 0 aromatic carbocycles. The fourth-order valence-electron chi connectivity index (χ4n) is 2.69. The van der Waals surface area contributed by atoms with Crippen molar-refractivity contribution >= 4 is 0 Å². The first-order valence-corrected chi connectivity index (χ1v) is 6.73. The molecule has 1 saturated heterocycles. The minimum Gasteiger partial charge on any atom is -0.324 e.